The molecule has 15 nitrogen and oxygen atoms in total. The summed E-state index contributed by atoms with van der Waals surface area (Å²) in [4.78, 5) is 23.6. The molecule has 56 heavy (non-hydrogen) atoms. The average Bonchev–Trinajstić information content (AvgIpc) is 4.08. The third-order valence-corrected chi connectivity index (χ3v) is 9.71. The predicted molar refractivity (Wildman–Crippen MR) is 216 cm³/mol. The Morgan fingerprint density at radius 1 is 0.571 bits per heavy atom. The van der Waals surface area contributed by atoms with Crippen molar-refractivity contribution >= 4 is 33.1 Å². The summed E-state index contributed by atoms with van der Waals surface area (Å²) >= 11 is 0. The minimum atomic E-state index is 0.552. The van der Waals surface area contributed by atoms with Crippen LogP contribution in [0.15, 0.2) is 60.7 Å². The fourth-order valence-electron chi connectivity index (χ4n) is 6.32. The van der Waals surface area contributed by atoms with Gasteiger partial charge in [0.15, 0.2) is 29.0 Å². The lowest BCUT2D eigenvalue weighted by molar-refractivity contribution is 0.173. The number of nitrogens with zero attached hydrogens (tertiary/aromatic N) is 6. The van der Waals surface area contributed by atoms with Crippen LogP contribution in [0.4, 0.5) is 0 Å². The Kier molecular flexibility index (Phi) is 9.96. The number of methoxy groups -OCH3 is 1. The third-order valence-electron chi connectivity index (χ3n) is 9.71. The molecule has 0 bridgehead atoms. The van der Waals surface area contributed by atoms with Crippen molar-refractivity contribution in [1.29, 1.82) is 0 Å². The number of aryl methyl sites for hydroxylation is 5. The van der Waals surface area contributed by atoms with Gasteiger partial charge in [0.05, 0.1) is 34.7 Å². The van der Waals surface area contributed by atoms with E-state index >= 15 is 0 Å². The molecule has 10 rings (SSSR count). The molecular formula is C41H44N12O3. The first-order valence-electron chi connectivity index (χ1n) is 18.7. The third kappa shape index (κ3) is 7.30. The van der Waals surface area contributed by atoms with E-state index < -0.39 is 0 Å². The van der Waals surface area contributed by atoms with Crippen LogP contribution in [0.1, 0.15) is 49.0 Å². The van der Waals surface area contributed by atoms with Crippen LogP contribution in [0.25, 0.3) is 67.7 Å². The summed E-state index contributed by atoms with van der Waals surface area (Å²) in [6, 6.07) is 19.9. The molecule has 9 aromatic rings. The molecule has 0 amide bonds. The maximum absolute atomic E-state index is 5.68. The first kappa shape index (κ1) is 36.1. The largest absolute Gasteiger partial charge is 0.497 e. The van der Waals surface area contributed by atoms with Gasteiger partial charge in [0.25, 0.3) is 0 Å². The first-order chi connectivity index (χ1) is 27.3. The Bertz CT molecular complexity index is 2720. The lowest BCUT2D eigenvalue weighted by atomic mass is 10.1. The second-order valence-electron chi connectivity index (χ2n) is 13.5. The molecule has 15 heteroatoms. The minimum absolute atomic E-state index is 0.552. The molecule has 0 radical (unpaired) electrons. The number of hydrogen-bond donors (Lipinski definition) is 6. The number of H-pyrrole nitrogens is 6. The molecule has 1 aliphatic rings. The van der Waals surface area contributed by atoms with Crippen LogP contribution in [-0.2, 0) is 19.3 Å². The van der Waals surface area contributed by atoms with Crippen LogP contribution < -0.4 is 14.2 Å². The summed E-state index contributed by atoms with van der Waals surface area (Å²) in [5.74, 6) is 4.60. The van der Waals surface area contributed by atoms with Crippen molar-refractivity contribution in [3.8, 4) is 51.8 Å². The zero-order valence-electron chi connectivity index (χ0n) is 32.2. The minimum Gasteiger partial charge on any atom is -0.497 e. The molecule has 0 fully saturated rings. The summed E-state index contributed by atoms with van der Waals surface area (Å²) < 4.78 is 16.4. The second-order valence-corrected chi connectivity index (χ2v) is 13.5. The first-order valence-corrected chi connectivity index (χ1v) is 18.7. The molecule has 1 aliphatic heterocycles. The van der Waals surface area contributed by atoms with Crippen LogP contribution in [0.5, 0.6) is 17.2 Å². The van der Waals surface area contributed by atoms with E-state index in [1.807, 2.05) is 48.5 Å². The van der Waals surface area contributed by atoms with Crippen LogP contribution in [0, 0.1) is 13.8 Å². The molecule has 3 aromatic carbocycles. The lowest BCUT2D eigenvalue weighted by Gasteiger charge is -2.17. The normalized spacial score (nSPS) is 12.1. The SMILES string of the molecule is CCc1cc(-c2nc3c4c(ccc3[nH]2)OCCO4)n[nH]1.CCc1cc(-c2nc3cc(C)c(C)cc3[nH]2)n[nH]1.CCc1cc(-c2nc3ccc(OC)cc3[nH]2)n[nH]1. The highest BCUT2D eigenvalue weighted by Gasteiger charge is 2.19. The van der Waals surface area contributed by atoms with Crippen molar-refractivity contribution in [3.05, 3.63) is 88.9 Å². The summed E-state index contributed by atoms with van der Waals surface area (Å²) in [5.41, 5.74) is 14.0. The van der Waals surface area contributed by atoms with E-state index in [1.54, 1.807) is 7.11 Å². The number of fused-ring (bicyclic) bond motifs is 5. The van der Waals surface area contributed by atoms with E-state index in [0.29, 0.717) is 19.0 Å². The topological polar surface area (TPSA) is 200 Å². The van der Waals surface area contributed by atoms with Gasteiger partial charge < -0.3 is 29.2 Å². The molecule has 0 saturated carbocycles. The quantitative estimate of drug-likeness (QED) is 0.0935. The fraction of sp³-hybridized carbons (Fsp3) is 0.268. The standard InChI is InChI=1S/C14H14N4O2.C14H16N4.C13H14N4O/c1-2-8-7-10(18-17-8)14-15-9-3-4-11-13(12(9)16-14)20-6-5-19-11;1-4-10-7-13(18-17-10)14-15-11-5-8(2)9(3)6-12(11)16-14;1-3-8-6-12(17-16-8)13-14-10-5-4-9(18-2)7-11(10)15-13/h3-4,7H,2,5-6H2,1H3,(H,15,16)(H,17,18);5-7H,4H2,1-3H3,(H,15,16)(H,17,18);4-7H,3H2,1-2H3,(H,14,15)(H,16,17). The molecule has 0 aliphatic carbocycles. The van der Waals surface area contributed by atoms with Crippen molar-refractivity contribution in [2.24, 2.45) is 0 Å². The second kappa shape index (κ2) is 15.5. The van der Waals surface area contributed by atoms with Gasteiger partial charge in [0.2, 0.25) is 0 Å². The number of nitrogens with one attached hydrogen (secondary N) is 6. The van der Waals surface area contributed by atoms with Gasteiger partial charge >= 0.3 is 0 Å². The fourth-order valence-corrected chi connectivity index (χ4v) is 6.32. The van der Waals surface area contributed by atoms with Gasteiger partial charge in [-0.1, -0.05) is 20.8 Å². The van der Waals surface area contributed by atoms with Crippen LogP contribution in [-0.4, -0.2) is 80.8 Å². The summed E-state index contributed by atoms with van der Waals surface area (Å²) in [7, 11) is 1.65. The number of hydrogen-bond acceptors (Lipinski definition) is 9. The van der Waals surface area contributed by atoms with E-state index in [4.69, 9.17) is 14.2 Å². The van der Waals surface area contributed by atoms with E-state index in [-0.39, 0.29) is 0 Å². The Balaban J connectivity index is 0.000000118. The molecule has 6 N–H and O–H groups in total. The van der Waals surface area contributed by atoms with Crippen LogP contribution in [0.2, 0.25) is 0 Å². The van der Waals surface area contributed by atoms with Gasteiger partial charge in [-0.15, -0.1) is 0 Å². The van der Waals surface area contributed by atoms with Crippen LogP contribution in [0.3, 0.4) is 0 Å². The van der Waals surface area contributed by atoms with Crippen molar-refractivity contribution in [2.45, 2.75) is 53.9 Å². The van der Waals surface area contributed by atoms with Gasteiger partial charge in [-0.25, -0.2) is 15.0 Å². The van der Waals surface area contributed by atoms with Gasteiger partial charge in [0, 0.05) is 23.1 Å². The number of ether oxygens (including phenoxy) is 3. The number of rotatable bonds is 7. The zero-order valence-corrected chi connectivity index (χ0v) is 32.2. The Hall–Kier alpha value is -6.90. The molecule has 0 atom stereocenters. The number of aromatic nitrogens is 12. The van der Waals surface area contributed by atoms with E-state index in [9.17, 15) is 0 Å². The monoisotopic (exact) mass is 752 g/mol. The Morgan fingerprint density at radius 2 is 1.11 bits per heavy atom. The van der Waals surface area contributed by atoms with Crippen molar-refractivity contribution in [3.63, 3.8) is 0 Å². The molecule has 0 saturated heterocycles. The van der Waals surface area contributed by atoms with Gasteiger partial charge in [-0.3, -0.25) is 15.3 Å². The molecule has 7 heterocycles. The van der Waals surface area contributed by atoms with Crippen molar-refractivity contribution in [2.75, 3.05) is 20.3 Å². The maximum atomic E-state index is 5.68. The lowest BCUT2D eigenvalue weighted by Crippen LogP contribution is -2.15. The smallest absolute Gasteiger partial charge is 0.189 e. The van der Waals surface area contributed by atoms with Gasteiger partial charge in [-0.05, 0) is 98.8 Å². The average molecular weight is 753 g/mol. The molecule has 0 spiro atoms. The molecular weight excluding hydrogens is 709 g/mol. The highest BCUT2D eigenvalue weighted by Crippen LogP contribution is 2.37. The molecule has 6 aromatic heterocycles. The van der Waals surface area contributed by atoms with Crippen LogP contribution >= 0.6 is 0 Å². The summed E-state index contributed by atoms with van der Waals surface area (Å²) in [5, 5.41) is 21.8. The Morgan fingerprint density at radius 3 is 1.70 bits per heavy atom. The summed E-state index contributed by atoms with van der Waals surface area (Å²) in [6.07, 6.45) is 2.80. The number of benzene rings is 3. The Labute approximate surface area is 322 Å². The van der Waals surface area contributed by atoms with Gasteiger partial charge in [0.1, 0.15) is 41.6 Å². The summed E-state index contributed by atoms with van der Waals surface area (Å²) in [6.45, 7) is 11.6. The van der Waals surface area contributed by atoms with E-state index in [0.717, 1.165) is 115 Å². The molecule has 286 valence electrons. The van der Waals surface area contributed by atoms with Crippen molar-refractivity contribution < 1.29 is 14.2 Å². The molecule has 0 unspecified atom stereocenters. The maximum Gasteiger partial charge on any atom is 0.189 e. The number of aromatic amines is 6. The van der Waals surface area contributed by atoms with E-state index in [2.05, 4.69) is 107 Å². The highest BCUT2D eigenvalue weighted by atomic mass is 16.6. The van der Waals surface area contributed by atoms with E-state index in [1.165, 1.54) is 11.1 Å². The predicted octanol–water partition coefficient (Wildman–Crippen LogP) is 7.94. The number of imidazole rings is 3. The van der Waals surface area contributed by atoms with Crippen molar-refractivity contribution in [1.82, 2.24) is 60.5 Å². The van der Waals surface area contributed by atoms with Gasteiger partial charge in [-0.2, -0.15) is 15.3 Å². The highest BCUT2D eigenvalue weighted by molar-refractivity contribution is 5.87. The zero-order chi connectivity index (χ0) is 38.8.